The number of carbonyl (C=O) groups is 1. The van der Waals surface area contributed by atoms with Crippen molar-refractivity contribution in [2.24, 2.45) is 0 Å². The number of nitrogens with zero attached hydrogens (tertiary/aromatic N) is 2. The molecule has 3 aromatic rings. The number of carbonyl (C=O) groups excluding carboxylic acids is 1. The fraction of sp³-hybridized carbons (Fsp3) is 0.235. The minimum absolute atomic E-state index is 0.160. The summed E-state index contributed by atoms with van der Waals surface area (Å²) in [7, 11) is 0. The molecule has 1 heterocycles. The highest BCUT2D eigenvalue weighted by Crippen LogP contribution is 2.19. The van der Waals surface area contributed by atoms with E-state index in [-0.39, 0.29) is 5.91 Å². The van der Waals surface area contributed by atoms with Gasteiger partial charge in [-0.05, 0) is 48.9 Å². The molecule has 0 atom stereocenters. The third-order valence-corrected chi connectivity index (χ3v) is 3.95. The highest BCUT2D eigenvalue weighted by molar-refractivity contribution is 7.00. The minimum atomic E-state index is -0.160. The zero-order chi connectivity index (χ0) is 16.1. The molecule has 1 N–H and O–H groups in total. The molecule has 3 rings (SSSR count). The summed E-state index contributed by atoms with van der Waals surface area (Å²) >= 11 is 1.16. The van der Waals surface area contributed by atoms with Gasteiger partial charge in [0.2, 0.25) is 0 Å². The number of unbranched alkanes of at least 4 members (excludes halogenated alkanes) is 1. The summed E-state index contributed by atoms with van der Waals surface area (Å²) in [5.41, 5.74) is 2.91. The maximum Gasteiger partial charge on any atom is 0.255 e. The predicted molar refractivity (Wildman–Crippen MR) is 92.2 cm³/mol. The summed E-state index contributed by atoms with van der Waals surface area (Å²) in [4.78, 5) is 12.3. The lowest BCUT2D eigenvalue weighted by atomic mass is 10.2. The van der Waals surface area contributed by atoms with Gasteiger partial charge in [0.25, 0.3) is 5.91 Å². The Labute approximate surface area is 138 Å². The third-order valence-electron chi connectivity index (χ3n) is 3.39. The van der Waals surface area contributed by atoms with E-state index in [4.69, 9.17) is 4.74 Å². The summed E-state index contributed by atoms with van der Waals surface area (Å²) in [6.07, 6.45) is 2.12. The van der Waals surface area contributed by atoms with Crippen molar-refractivity contribution in [1.82, 2.24) is 8.75 Å². The van der Waals surface area contributed by atoms with Gasteiger partial charge in [-0.15, -0.1) is 0 Å². The van der Waals surface area contributed by atoms with E-state index in [1.165, 1.54) is 0 Å². The van der Waals surface area contributed by atoms with Gasteiger partial charge < -0.3 is 10.1 Å². The first-order valence-corrected chi connectivity index (χ1v) is 8.26. The van der Waals surface area contributed by atoms with Crippen molar-refractivity contribution in [3.8, 4) is 5.75 Å². The van der Waals surface area contributed by atoms with Gasteiger partial charge in [-0.3, -0.25) is 4.79 Å². The quantitative estimate of drug-likeness (QED) is 0.692. The van der Waals surface area contributed by atoms with Crippen molar-refractivity contribution in [2.75, 3.05) is 11.9 Å². The van der Waals surface area contributed by atoms with Gasteiger partial charge in [0.05, 0.1) is 18.3 Å². The largest absolute Gasteiger partial charge is 0.494 e. The lowest BCUT2D eigenvalue weighted by Crippen LogP contribution is -2.11. The Bertz CT molecular complexity index is 799. The summed E-state index contributed by atoms with van der Waals surface area (Å²) < 4.78 is 13.9. The Morgan fingerprint density at radius 1 is 1.13 bits per heavy atom. The van der Waals surface area contributed by atoms with Crippen molar-refractivity contribution in [3.05, 3.63) is 48.0 Å². The van der Waals surface area contributed by atoms with Gasteiger partial charge in [0.15, 0.2) is 0 Å². The molecule has 0 radical (unpaired) electrons. The van der Waals surface area contributed by atoms with Crippen molar-refractivity contribution in [2.45, 2.75) is 19.8 Å². The number of amides is 1. The van der Waals surface area contributed by atoms with E-state index in [2.05, 4.69) is 21.0 Å². The standard InChI is InChI=1S/C17H17N3O2S/c1-2-3-10-22-14-7-4-12(5-8-14)17(21)18-13-6-9-15-16(11-13)20-23-19-15/h4-9,11H,2-3,10H2,1H3,(H,18,21). The third kappa shape index (κ3) is 3.84. The van der Waals surface area contributed by atoms with Crippen LogP contribution in [0.1, 0.15) is 30.1 Å². The van der Waals surface area contributed by atoms with Gasteiger partial charge in [0.1, 0.15) is 16.8 Å². The highest BCUT2D eigenvalue weighted by atomic mass is 32.1. The van der Waals surface area contributed by atoms with Gasteiger partial charge >= 0.3 is 0 Å². The summed E-state index contributed by atoms with van der Waals surface area (Å²) in [6.45, 7) is 2.82. The number of anilines is 1. The number of aromatic nitrogens is 2. The first-order chi connectivity index (χ1) is 11.3. The molecule has 0 unspecified atom stereocenters. The molecule has 0 fully saturated rings. The summed E-state index contributed by atoms with van der Waals surface area (Å²) in [5.74, 6) is 0.623. The molecule has 0 aliphatic heterocycles. The smallest absolute Gasteiger partial charge is 0.255 e. The number of hydrogen-bond donors (Lipinski definition) is 1. The number of hydrogen-bond acceptors (Lipinski definition) is 5. The van der Waals surface area contributed by atoms with Crippen LogP contribution in [0.5, 0.6) is 5.75 Å². The Morgan fingerprint density at radius 3 is 2.70 bits per heavy atom. The van der Waals surface area contributed by atoms with Crippen LogP contribution in [0, 0.1) is 0 Å². The van der Waals surface area contributed by atoms with Gasteiger partial charge in [0, 0.05) is 11.3 Å². The van der Waals surface area contributed by atoms with Gasteiger partial charge in [-0.2, -0.15) is 8.75 Å². The fourth-order valence-electron chi connectivity index (χ4n) is 2.10. The highest BCUT2D eigenvalue weighted by Gasteiger charge is 2.08. The topological polar surface area (TPSA) is 64.1 Å². The second-order valence-corrected chi connectivity index (χ2v) is 5.68. The van der Waals surface area contributed by atoms with Crippen LogP contribution in [0.4, 0.5) is 5.69 Å². The summed E-state index contributed by atoms with van der Waals surface area (Å²) in [6, 6.07) is 12.7. The molecule has 23 heavy (non-hydrogen) atoms. The van der Waals surface area contributed by atoms with Gasteiger partial charge in [-0.25, -0.2) is 0 Å². The SMILES string of the molecule is CCCCOc1ccc(C(=O)Nc2ccc3nsnc3c2)cc1. The lowest BCUT2D eigenvalue weighted by Gasteiger charge is -2.07. The van der Waals surface area contributed by atoms with E-state index in [9.17, 15) is 4.79 Å². The summed E-state index contributed by atoms with van der Waals surface area (Å²) in [5, 5.41) is 2.87. The molecule has 6 heteroatoms. The van der Waals surface area contributed by atoms with Crippen molar-refractivity contribution < 1.29 is 9.53 Å². The number of nitrogens with one attached hydrogen (secondary N) is 1. The number of rotatable bonds is 6. The Morgan fingerprint density at radius 2 is 1.91 bits per heavy atom. The van der Waals surface area contributed by atoms with Crippen LogP contribution in [0.3, 0.4) is 0 Å². The van der Waals surface area contributed by atoms with Crippen molar-refractivity contribution in [1.29, 1.82) is 0 Å². The first-order valence-electron chi connectivity index (χ1n) is 7.53. The molecular weight excluding hydrogens is 310 g/mol. The van der Waals surface area contributed by atoms with E-state index >= 15 is 0 Å². The van der Waals surface area contributed by atoms with Crippen LogP contribution >= 0.6 is 11.7 Å². The van der Waals surface area contributed by atoms with Crippen molar-refractivity contribution >= 4 is 34.4 Å². The average Bonchev–Trinajstić information content (AvgIpc) is 3.03. The number of fused-ring (bicyclic) bond motifs is 1. The van der Waals surface area contributed by atoms with Crippen LogP contribution in [0.15, 0.2) is 42.5 Å². The normalized spacial score (nSPS) is 10.7. The lowest BCUT2D eigenvalue weighted by molar-refractivity contribution is 0.102. The molecule has 0 bridgehead atoms. The molecule has 118 valence electrons. The molecule has 1 aromatic heterocycles. The maximum absolute atomic E-state index is 12.3. The second kappa shape index (κ2) is 7.19. The van der Waals surface area contributed by atoms with E-state index in [0.717, 1.165) is 41.4 Å². The Balaban J connectivity index is 1.65. The van der Waals surface area contributed by atoms with E-state index in [1.54, 1.807) is 12.1 Å². The van der Waals surface area contributed by atoms with Gasteiger partial charge in [-0.1, -0.05) is 13.3 Å². The molecule has 5 nitrogen and oxygen atoms in total. The Kier molecular flexibility index (Phi) is 4.83. The zero-order valence-electron chi connectivity index (χ0n) is 12.8. The van der Waals surface area contributed by atoms with Crippen LogP contribution in [-0.2, 0) is 0 Å². The number of ether oxygens (including phenoxy) is 1. The molecule has 0 saturated carbocycles. The van der Waals surface area contributed by atoms with Crippen LogP contribution < -0.4 is 10.1 Å². The van der Waals surface area contributed by atoms with E-state index in [1.807, 2.05) is 30.3 Å². The second-order valence-electron chi connectivity index (χ2n) is 5.15. The molecule has 0 saturated heterocycles. The minimum Gasteiger partial charge on any atom is -0.494 e. The average molecular weight is 327 g/mol. The van der Waals surface area contributed by atoms with E-state index in [0.29, 0.717) is 17.9 Å². The zero-order valence-corrected chi connectivity index (χ0v) is 13.6. The maximum atomic E-state index is 12.3. The predicted octanol–water partition coefficient (Wildman–Crippen LogP) is 4.12. The fourth-order valence-corrected chi connectivity index (χ4v) is 2.62. The van der Waals surface area contributed by atoms with E-state index < -0.39 is 0 Å². The number of benzene rings is 2. The molecular formula is C17H17N3O2S. The molecule has 1 amide bonds. The molecule has 0 aliphatic carbocycles. The molecule has 2 aromatic carbocycles. The molecule has 0 aliphatic rings. The van der Waals surface area contributed by atoms with Crippen LogP contribution in [-0.4, -0.2) is 21.3 Å². The monoisotopic (exact) mass is 327 g/mol. The van der Waals surface area contributed by atoms with Crippen LogP contribution in [0.2, 0.25) is 0 Å². The first kappa shape index (κ1) is 15.4. The molecule has 0 spiro atoms. The van der Waals surface area contributed by atoms with Crippen molar-refractivity contribution in [3.63, 3.8) is 0 Å². The van der Waals surface area contributed by atoms with Crippen LogP contribution in [0.25, 0.3) is 11.0 Å². The Hall–Kier alpha value is -2.47.